The number of benzene rings is 2. The first-order chi connectivity index (χ1) is 13.9. The number of carbonyl (C=O) groups excluding carboxylic acids is 2. The highest BCUT2D eigenvalue weighted by Gasteiger charge is 2.10. The third-order valence-corrected chi connectivity index (χ3v) is 5.21. The third-order valence-electron chi connectivity index (χ3n) is 3.94. The van der Waals surface area contributed by atoms with E-state index in [4.69, 9.17) is 23.2 Å². The van der Waals surface area contributed by atoms with E-state index < -0.39 is 6.03 Å². The number of aryl methyl sites for hydroxylation is 2. The molecule has 3 amide bonds. The molecule has 0 radical (unpaired) electrons. The van der Waals surface area contributed by atoms with Crippen molar-refractivity contribution in [2.24, 2.45) is 0 Å². The van der Waals surface area contributed by atoms with E-state index in [1.165, 1.54) is 11.3 Å². The fourth-order valence-corrected chi connectivity index (χ4v) is 3.59. The fourth-order valence-electron chi connectivity index (χ4n) is 2.49. The summed E-state index contributed by atoms with van der Waals surface area (Å²) in [5.41, 5.74) is 2.94. The Morgan fingerprint density at radius 2 is 1.83 bits per heavy atom. The largest absolute Gasteiger partial charge is 0.326 e. The van der Waals surface area contributed by atoms with Gasteiger partial charge in [-0.2, -0.15) is 0 Å². The van der Waals surface area contributed by atoms with Gasteiger partial charge in [0, 0.05) is 33.2 Å². The number of halogens is 2. The average Bonchev–Trinajstić information content (AvgIpc) is 3.10. The summed E-state index contributed by atoms with van der Waals surface area (Å²) in [4.78, 5) is 28.6. The summed E-state index contributed by atoms with van der Waals surface area (Å²) in [7, 11) is 0. The first-order valence-electron chi connectivity index (χ1n) is 8.73. The number of aromatic nitrogens is 1. The second-order valence-electron chi connectivity index (χ2n) is 6.24. The summed E-state index contributed by atoms with van der Waals surface area (Å²) < 4.78 is 0. The molecule has 0 aliphatic carbocycles. The van der Waals surface area contributed by atoms with Crippen molar-refractivity contribution in [3.05, 3.63) is 69.1 Å². The zero-order valence-electron chi connectivity index (χ0n) is 15.5. The zero-order chi connectivity index (χ0) is 20.8. The summed E-state index contributed by atoms with van der Waals surface area (Å²) in [5, 5.41) is 11.6. The number of nitrogens with zero attached hydrogens (tertiary/aromatic N) is 1. The van der Waals surface area contributed by atoms with Crippen LogP contribution in [-0.4, -0.2) is 16.9 Å². The number of anilines is 3. The highest BCUT2D eigenvalue weighted by Crippen LogP contribution is 2.21. The monoisotopic (exact) mass is 448 g/mol. The van der Waals surface area contributed by atoms with Gasteiger partial charge in [0.2, 0.25) is 5.91 Å². The van der Waals surface area contributed by atoms with E-state index in [9.17, 15) is 9.59 Å². The molecule has 0 fully saturated rings. The van der Waals surface area contributed by atoms with Crippen LogP contribution in [0.25, 0.3) is 0 Å². The predicted octanol–water partition coefficient (Wildman–Crippen LogP) is 5.97. The third kappa shape index (κ3) is 6.45. The number of hydrogen-bond acceptors (Lipinski definition) is 4. The number of carbonyl (C=O) groups is 2. The number of thiazole rings is 1. The minimum absolute atomic E-state index is 0.128. The SMILES string of the molecule is Cc1ccc(Cl)cc1NC(=O)CCc1csc(NC(=O)Nc2cccc(Cl)c2)n1. The van der Waals surface area contributed by atoms with Gasteiger partial charge in [-0.15, -0.1) is 11.3 Å². The summed E-state index contributed by atoms with van der Waals surface area (Å²) in [6.07, 6.45) is 0.726. The smallest absolute Gasteiger partial charge is 0.325 e. The normalized spacial score (nSPS) is 10.4. The summed E-state index contributed by atoms with van der Waals surface area (Å²) in [6, 6.07) is 11.8. The lowest BCUT2D eigenvalue weighted by Crippen LogP contribution is -2.19. The molecule has 0 bridgehead atoms. The Morgan fingerprint density at radius 3 is 2.62 bits per heavy atom. The van der Waals surface area contributed by atoms with Crippen LogP contribution in [0.5, 0.6) is 0 Å². The van der Waals surface area contributed by atoms with Crippen LogP contribution < -0.4 is 16.0 Å². The summed E-state index contributed by atoms with van der Waals surface area (Å²) >= 11 is 13.2. The Balaban J connectivity index is 1.49. The van der Waals surface area contributed by atoms with Gasteiger partial charge in [-0.25, -0.2) is 9.78 Å². The summed E-state index contributed by atoms with van der Waals surface area (Å²) in [5.74, 6) is -0.128. The lowest BCUT2D eigenvalue weighted by molar-refractivity contribution is -0.116. The highest BCUT2D eigenvalue weighted by molar-refractivity contribution is 7.13. The van der Waals surface area contributed by atoms with Crippen molar-refractivity contribution in [1.29, 1.82) is 0 Å². The lowest BCUT2D eigenvalue weighted by atomic mass is 10.2. The minimum atomic E-state index is -0.414. The summed E-state index contributed by atoms with van der Waals surface area (Å²) in [6.45, 7) is 1.90. The van der Waals surface area contributed by atoms with Crippen molar-refractivity contribution >= 4 is 63.0 Å². The Kier molecular flexibility index (Phi) is 7.09. The van der Waals surface area contributed by atoms with Gasteiger partial charge in [0.1, 0.15) is 0 Å². The van der Waals surface area contributed by atoms with E-state index in [-0.39, 0.29) is 12.3 Å². The Hall–Kier alpha value is -2.61. The molecule has 1 aromatic heterocycles. The molecule has 9 heteroatoms. The van der Waals surface area contributed by atoms with Crippen LogP contribution in [0.4, 0.5) is 21.3 Å². The zero-order valence-corrected chi connectivity index (χ0v) is 17.8. The predicted molar refractivity (Wildman–Crippen MR) is 119 cm³/mol. The van der Waals surface area contributed by atoms with Gasteiger partial charge in [-0.1, -0.05) is 35.3 Å². The molecule has 6 nitrogen and oxygen atoms in total. The number of amides is 3. The van der Waals surface area contributed by atoms with E-state index >= 15 is 0 Å². The van der Waals surface area contributed by atoms with Gasteiger partial charge in [0.25, 0.3) is 0 Å². The molecule has 0 saturated heterocycles. The molecule has 0 aliphatic heterocycles. The maximum absolute atomic E-state index is 12.2. The Morgan fingerprint density at radius 1 is 1.03 bits per heavy atom. The Labute approximate surface area is 182 Å². The number of rotatable bonds is 6. The first-order valence-corrected chi connectivity index (χ1v) is 10.4. The molecular formula is C20H18Cl2N4O2S. The van der Waals surface area contributed by atoms with E-state index in [0.717, 1.165) is 11.3 Å². The van der Waals surface area contributed by atoms with Crippen molar-refractivity contribution in [1.82, 2.24) is 4.98 Å². The van der Waals surface area contributed by atoms with Crippen molar-refractivity contribution in [2.75, 3.05) is 16.0 Å². The van der Waals surface area contributed by atoms with Crippen LogP contribution >= 0.6 is 34.5 Å². The first kappa shape index (κ1) is 21.1. The fraction of sp³-hybridized carbons (Fsp3) is 0.150. The average molecular weight is 449 g/mol. The maximum atomic E-state index is 12.2. The highest BCUT2D eigenvalue weighted by atomic mass is 35.5. The number of hydrogen-bond donors (Lipinski definition) is 3. The van der Waals surface area contributed by atoms with Crippen molar-refractivity contribution < 1.29 is 9.59 Å². The van der Waals surface area contributed by atoms with Gasteiger partial charge >= 0.3 is 6.03 Å². The van der Waals surface area contributed by atoms with E-state index in [1.807, 2.05) is 18.4 Å². The van der Waals surface area contributed by atoms with Crippen molar-refractivity contribution in [2.45, 2.75) is 19.8 Å². The Bertz CT molecular complexity index is 1040. The molecule has 1 heterocycles. The molecule has 0 saturated carbocycles. The van der Waals surface area contributed by atoms with Crippen molar-refractivity contribution in [3.63, 3.8) is 0 Å². The number of nitrogens with one attached hydrogen (secondary N) is 3. The van der Waals surface area contributed by atoms with Crippen LogP contribution in [0.15, 0.2) is 47.8 Å². The maximum Gasteiger partial charge on any atom is 0.325 e. The molecular weight excluding hydrogens is 431 g/mol. The van der Waals surface area contributed by atoms with Gasteiger partial charge in [0.15, 0.2) is 5.13 Å². The minimum Gasteiger partial charge on any atom is -0.326 e. The lowest BCUT2D eigenvalue weighted by Gasteiger charge is -2.08. The standard InChI is InChI=1S/C20H18Cl2N4O2S/c1-12-5-6-14(22)10-17(12)25-18(27)8-7-16-11-29-20(24-16)26-19(28)23-15-4-2-3-13(21)9-15/h2-6,9-11H,7-8H2,1H3,(H,25,27)(H2,23,24,26,28). The molecule has 0 atom stereocenters. The second kappa shape index (κ2) is 9.73. The molecule has 3 N–H and O–H groups in total. The second-order valence-corrected chi connectivity index (χ2v) is 7.97. The number of urea groups is 1. The quantitative estimate of drug-likeness (QED) is 0.433. The van der Waals surface area contributed by atoms with Crippen LogP contribution in [0.1, 0.15) is 17.7 Å². The van der Waals surface area contributed by atoms with Crippen LogP contribution in [0.3, 0.4) is 0 Å². The van der Waals surface area contributed by atoms with Crippen LogP contribution in [-0.2, 0) is 11.2 Å². The van der Waals surface area contributed by atoms with E-state index in [0.29, 0.717) is 33.0 Å². The molecule has 0 spiro atoms. The molecule has 0 unspecified atom stereocenters. The molecule has 3 rings (SSSR count). The van der Waals surface area contributed by atoms with Crippen LogP contribution in [0, 0.1) is 6.92 Å². The van der Waals surface area contributed by atoms with Gasteiger partial charge < -0.3 is 10.6 Å². The molecule has 2 aromatic carbocycles. The molecule has 3 aromatic rings. The molecule has 0 aliphatic rings. The van der Waals surface area contributed by atoms with E-state index in [2.05, 4.69) is 20.9 Å². The van der Waals surface area contributed by atoms with Crippen molar-refractivity contribution in [3.8, 4) is 0 Å². The van der Waals surface area contributed by atoms with Crippen LogP contribution in [0.2, 0.25) is 10.0 Å². The van der Waals surface area contributed by atoms with E-state index in [1.54, 1.807) is 36.4 Å². The molecule has 29 heavy (non-hydrogen) atoms. The molecule has 150 valence electrons. The van der Waals surface area contributed by atoms with Gasteiger partial charge in [0.05, 0.1) is 5.69 Å². The van der Waals surface area contributed by atoms with Gasteiger partial charge in [-0.05, 0) is 49.2 Å². The topological polar surface area (TPSA) is 83.1 Å². The van der Waals surface area contributed by atoms with Gasteiger partial charge in [-0.3, -0.25) is 10.1 Å².